The molecule has 206 valence electrons. The number of piperazine rings is 1. The maximum absolute atomic E-state index is 9.88. The Bertz CT molecular complexity index is 1520. The van der Waals surface area contributed by atoms with Crippen LogP contribution in [0, 0.1) is 25.2 Å². The first-order valence-corrected chi connectivity index (χ1v) is 14.1. The zero-order chi connectivity index (χ0) is 27.9. The maximum Gasteiger partial charge on any atom is 0.103 e. The molecular weight excluding hydrogens is 494 g/mol. The molecule has 0 atom stereocenters. The smallest absolute Gasteiger partial charge is 0.103 e. The SMILES string of the molecule is Cc1ncc(C#N)c(Nc2ccc3[nH]ccc3c2C)c1C=Cc1cccc(CNCCCN2CCN(C)CC2)c1. The second-order valence-electron chi connectivity index (χ2n) is 10.7. The summed E-state index contributed by atoms with van der Waals surface area (Å²) in [6.07, 6.45) is 8.94. The average molecular weight is 534 g/mol. The molecule has 3 N–H and O–H groups in total. The van der Waals surface area contributed by atoms with Crippen LogP contribution in [-0.4, -0.2) is 66.1 Å². The number of aromatic amines is 1. The first kappa shape index (κ1) is 27.6. The molecule has 1 aliphatic rings. The van der Waals surface area contributed by atoms with Crippen molar-refractivity contribution in [3.05, 3.63) is 88.4 Å². The molecule has 40 heavy (non-hydrogen) atoms. The number of likely N-dealkylation sites (N-methyl/N-ethyl adjacent to an activating group) is 1. The molecule has 1 saturated heterocycles. The molecule has 7 heteroatoms. The number of aromatic nitrogens is 2. The summed E-state index contributed by atoms with van der Waals surface area (Å²) in [7, 11) is 2.20. The largest absolute Gasteiger partial charge is 0.361 e. The minimum Gasteiger partial charge on any atom is -0.361 e. The number of fused-ring (bicyclic) bond motifs is 1. The molecule has 0 radical (unpaired) electrons. The zero-order valence-electron chi connectivity index (χ0n) is 23.8. The number of nitriles is 1. The van der Waals surface area contributed by atoms with Gasteiger partial charge in [0.05, 0.1) is 11.3 Å². The van der Waals surface area contributed by atoms with Crippen LogP contribution >= 0.6 is 0 Å². The van der Waals surface area contributed by atoms with Crippen LogP contribution in [0.4, 0.5) is 11.4 Å². The number of benzene rings is 2. The van der Waals surface area contributed by atoms with E-state index in [4.69, 9.17) is 0 Å². The summed E-state index contributed by atoms with van der Waals surface area (Å²) in [5.74, 6) is 0. The van der Waals surface area contributed by atoms with Gasteiger partial charge in [-0.15, -0.1) is 0 Å². The molecule has 0 aliphatic carbocycles. The lowest BCUT2D eigenvalue weighted by Gasteiger charge is -2.32. The Kier molecular flexibility index (Phi) is 8.92. The highest BCUT2D eigenvalue weighted by Crippen LogP contribution is 2.32. The lowest BCUT2D eigenvalue weighted by Crippen LogP contribution is -2.45. The van der Waals surface area contributed by atoms with Crippen LogP contribution in [0.3, 0.4) is 0 Å². The number of rotatable bonds is 10. The van der Waals surface area contributed by atoms with Gasteiger partial charge in [0.1, 0.15) is 6.07 Å². The predicted octanol–water partition coefficient (Wildman–Crippen LogP) is 5.69. The van der Waals surface area contributed by atoms with Gasteiger partial charge in [0.2, 0.25) is 0 Å². The molecule has 2 aromatic heterocycles. The van der Waals surface area contributed by atoms with Crippen molar-refractivity contribution in [2.24, 2.45) is 0 Å². The van der Waals surface area contributed by atoms with E-state index in [0.29, 0.717) is 5.56 Å². The highest BCUT2D eigenvalue weighted by Gasteiger charge is 2.14. The predicted molar refractivity (Wildman–Crippen MR) is 166 cm³/mol. The third kappa shape index (κ3) is 6.60. The van der Waals surface area contributed by atoms with Crippen molar-refractivity contribution in [1.82, 2.24) is 25.1 Å². The molecular formula is C33H39N7. The van der Waals surface area contributed by atoms with Gasteiger partial charge in [0.25, 0.3) is 0 Å². The minimum absolute atomic E-state index is 0.522. The molecule has 0 amide bonds. The second-order valence-corrected chi connectivity index (χ2v) is 10.7. The maximum atomic E-state index is 9.88. The van der Waals surface area contributed by atoms with Gasteiger partial charge in [-0.05, 0) is 75.3 Å². The number of anilines is 2. The molecule has 5 rings (SSSR count). The first-order valence-electron chi connectivity index (χ1n) is 14.1. The summed E-state index contributed by atoms with van der Waals surface area (Å²) in [5.41, 5.74) is 8.68. The molecule has 0 bridgehead atoms. The van der Waals surface area contributed by atoms with Gasteiger partial charge >= 0.3 is 0 Å². The van der Waals surface area contributed by atoms with Gasteiger partial charge in [0.15, 0.2) is 0 Å². The van der Waals surface area contributed by atoms with Gasteiger partial charge in [-0.3, -0.25) is 4.98 Å². The number of pyridine rings is 1. The molecule has 1 fully saturated rings. The molecule has 0 saturated carbocycles. The van der Waals surface area contributed by atoms with Crippen LogP contribution in [0.5, 0.6) is 0 Å². The minimum atomic E-state index is 0.522. The quantitative estimate of drug-likeness (QED) is 0.227. The molecule has 0 unspecified atom stereocenters. The van der Waals surface area contributed by atoms with Crippen molar-refractivity contribution in [2.75, 3.05) is 51.6 Å². The van der Waals surface area contributed by atoms with E-state index in [-0.39, 0.29) is 0 Å². The summed E-state index contributed by atoms with van der Waals surface area (Å²) in [6, 6.07) is 17.1. The van der Waals surface area contributed by atoms with Crippen LogP contribution < -0.4 is 10.6 Å². The van der Waals surface area contributed by atoms with Crippen molar-refractivity contribution in [2.45, 2.75) is 26.8 Å². The van der Waals surface area contributed by atoms with E-state index in [1.165, 1.54) is 31.7 Å². The van der Waals surface area contributed by atoms with Crippen molar-refractivity contribution in [3.63, 3.8) is 0 Å². The molecule has 7 nitrogen and oxygen atoms in total. The van der Waals surface area contributed by atoms with Crippen molar-refractivity contribution in [3.8, 4) is 6.07 Å². The zero-order valence-corrected chi connectivity index (χ0v) is 23.8. The molecule has 4 aromatic rings. The third-order valence-electron chi connectivity index (χ3n) is 7.85. The molecule has 0 spiro atoms. The number of H-pyrrole nitrogens is 1. The Balaban J connectivity index is 1.26. The number of nitrogens with zero attached hydrogens (tertiary/aromatic N) is 4. The van der Waals surface area contributed by atoms with Crippen molar-refractivity contribution < 1.29 is 0 Å². The van der Waals surface area contributed by atoms with E-state index in [1.54, 1.807) is 6.20 Å². The fourth-order valence-corrected chi connectivity index (χ4v) is 5.32. The Morgan fingerprint density at radius 2 is 1.93 bits per heavy atom. The summed E-state index contributed by atoms with van der Waals surface area (Å²) in [5, 5.41) is 18.2. The fraction of sp³-hybridized carbons (Fsp3) is 0.333. The van der Waals surface area contributed by atoms with Gasteiger partial charge in [-0.1, -0.05) is 36.4 Å². The van der Waals surface area contributed by atoms with Gasteiger partial charge < -0.3 is 25.4 Å². The fourth-order valence-electron chi connectivity index (χ4n) is 5.32. The number of aryl methyl sites for hydroxylation is 2. The van der Waals surface area contributed by atoms with E-state index in [0.717, 1.165) is 70.7 Å². The molecule has 1 aliphatic heterocycles. The molecule has 2 aromatic carbocycles. The van der Waals surface area contributed by atoms with Crippen LogP contribution in [0.25, 0.3) is 23.1 Å². The monoisotopic (exact) mass is 533 g/mol. The summed E-state index contributed by atoms with van der Waals surface area (Å²) < 4.78 is 0. The van der Waals surface area contributed by atoms with E-state index in [9.17, 15) is 5.26 Å². The Hall–Kier alpha value is -3.96. The number of nitrogens with one attached hydrogen (secondary N) is 3. The number of hydrogen-bond acceptors (Lipinski definition) is 6. The summed E-state index contributed by atoms with van der Waals surface area (Å²) in [6.45, 7) is 11.8. The van der Waals surface area contributed by atoms with Gasteiger partial charge in [-0.25, -0.2) is 0 Å². The van der Waals surface area contributed by atoms with Crippen molar-refractivity contribution >= 4 is 34.4 Å². The summed E-state index contributed by atoms with van der Waals surface area (Å²) in [4.78, 5) is 12.7. The van der Waals surface area contributed by atoms with E-state index >= 15 is 0 Å². The van der Waals surface area contributed by atoms with E-state index in [1.807, 2.05) is 13.1 Å². The van der Waals surface area contributed by atoms with E-state index < -0.39 is 0 Å². The summed E-state index contributed by atoms with van der Waals surface area (Å²) >= 11 is 0. The normalized spacial score (nSPS) is 14.7. The third-order valence-corrected chi connectivity index (χ3v) is 7.85. The standard InChI is InChI=1S/C33H39N7/c1-24-29-12-14-36-32(29)11-10-31(24)38-33-28(21-34)23-37-25(2)30(33)9-8-26-6-4-7-27(20-26)22-35-13-5-15-40-18-16-39(3)17-19-40/h4,6-12,14,20,23,35-36H,5,13,15-19,22H2,1-3H3,(H,37,38). The van der Waals surface area contributed by atoms with E-state index in [2.05, 4.69) is 105 Å². The lowest BCUT2D eigenvalue weighted by atomic mass is 10.0. The van der Waals surface area contributed by atoms with Crippen LogP contribution in [-0.2, 0) is 6.54 Å². The second kappa shape index (κ2) is 12.9. The van der Waals surface area contributed by atoms with Crippen molar-refractivity contribution in [1.29, 1.82) is 5.26 Å². The van der Waals surface area contributed by atoms with Crippen LogP contribution in [0.15, 0.2) is 54.9 Å². The first-order chi connectivity index (χ1) is 19.5. The van der Waals surface area contributed by atoms with Gasteiger partial charge in [0, 0.05) is 73.0 Å². The Morgan fingerprint density at radius 1 is 1.07 bits per heavy atom. The average Bonchev–Trinajstić information content (AvgIpc) is 3.45. The van der Waals surface area contributed by atoms with Crippen LogP contribution in [0.2, 0.25) is 0 Å². The Morgan fingerprint density at radius 3 is 2.75 bits per heavy atom. The lowest BCUT2D eigenvalue weighted by molar-refractivity contribution is 0.153. The highest BCUT2D eigenvalue weighted by atomic mass is 15.2. The Labute approximate surface area is 237 Å². The topological polar surface area (TPSA) is 83.0 Å². The highest BCUT2D eigenvalue weighted by molar-refractivity contribution is 5.90. The van der Waals surface area contributed by atoms with Crippen LogP contribution in [0.1, 0.15) is 39.9 Å². The molecule has 3 heterocycles. The number of hydrogen-bond donors (Lipinski definition) is 3. The van der Waals surface area contributed by atoms with Gasteiger partial charge in [-0.2, -0.15) is 5.26 Å².